The Labute approximate surface area is 123 Å². The van der Waals surface area contributed by atoms with Gasteiger partial charge < -0.3 is 5.43 Å². The van der Waals surface area contributed by atoms with Gasteiger partial charge in [-0.3, -0.25) is 4.90 Å². The summed E-state index contributed by atoms with van der Waals surface area (Å²) in [7, 11) is 0. The molecule has 0 unspecified atom stereocenters. The fraction of sp³-hybridized carbons (Fsp3) is 0.571. The van der Waals surface area contributed by atoms with E-state index in [4.69, 9.17) is 5.84 Å². The molecule has 0 spiro atoms. The quantitative estimate of drug-likeness (QED) is 0.606. The van der Waals surface area contributed by atoms with Crippen LogP contribution in [0.15, 0.2) is 11.4 Å². The fourth-order valence-electron chi connectivity index (χ4n) is 2.45. The van der Waals surface area contributed by atoms with Gasteiger partial charge in [0.05, 0.1) is 11.9 Å². The number of hydrogen-bond donors (Lipinski definition) is 2. The van der Waals surface area contributed by atoms with E-state index in [1.54, 1.807) is 11.3 Å². The van der Waals surface area contributed by atoms with E-state index in [1.165, 1.54) is 25.7 Å². The number of nitrogens with two attached hydrogens (primary N) is 1. The number of thiophene rings is 1. The molecule has 1 aliphatic rings. The third-order valence-corrected chi connectivity index (χ3v) is 4.52. The molecule has 1 fully saturated rings. The van der Waals surface area contributed by atoms with Gasteiger partial charge in [-0.2, -0.15) is 0 Å². The van der Waals surface area contributed by atoms with Crippen molar-refractivity contribution in [2.75, 3.05) is 12.0 Å². The van der Waals surface area contributed by atoms with Crippen molar-refractivity contribution in [3.8, 4) is 0 Å². The van der Waals surface area contributed by atoms with Gasteiger partial charge in [0.25, 0.3) is 0 Å². The average molecular weight is 291 g/mol. The van der Waals surface area contributed by atoms with Crippen molar-refractivity contribution < 1.29 is 0 Å². The molecule has 3 rings (SSSR count). The molecular formula is C14H21N5S. The number of nitrogen functional groups attached to an aromatic ring is 1. The predicted molar refractivity (Wildman–Crippen MR) is 83.6 cm³/mol. The van der Waals surface area contributed by atoms with Crippen LogP contribution in [0.5, 0.6) is 0 Å². The van der Waals surface area contributed by atoms with Gasteiger partial charge in [-0.15, -0.1) is 11.3 Å². The van der Waals surface area contributed by atoms with Crippen molar-refractivity contribution in [1.82, 2.24) is 14.9 Å². The predicted octanol–water partition coefficient (Wildman–Crippen LogP) is 2.74. The Bertz CT molecular complexity index is 578. The molecule has 0 atom stereocenters. The van der Waals surface area contributed by atoms with Crippen LogP contribution in [0.3, 0.4) is 0 Å². The first-order valence-electron chi connectivity index (χ1n) is 7.26. The van der Waals surface area contributed by atoms with Crippen molar-refractivity contribution in [2.45, 2.75) is 45.2 Å². The molecule has 0 radical (unpaired) electrons. The summed E-state index contributed by atoms with van der Waals surface area (Å²) in [6.45, 7) is 4.20. The summed E-state index contributed by atoms with van der Waals surface area (Å²) < 4.78 is 0. The summed E-state index contributed by atoms with van der Waals surface area (Å²) in [4.78, 5) is 12.8. The Hall–Kier alpha value is -1.24. The van der Waals surface area contributed by atoms with Gasteiger partial charge in [-0.1, -0.05) is 13.3 Å². The van der Waals surface area contributed by atoms with Gasteiger partial charge in [-0.05, 0) is 37.3 Å². The molecule has 0 amide bonds. The lowest BCUT2D eigenvalue weighted by Crippen LogP contribution is -2.28. The number of unbranched alkanes of at least 4 members (excludes halogenated alkanes) is 1. The zero-order chi connectivity index (χ0) is 13.9. The number of rotatable bonds is 7. The van der Waals surface area contributed by atoms with Crippen molar-refractivity contribution in [3.63, 3.8) is 0 Å². The summed E-state index contributed by atoms with van der Waals surface area (Å²) >= 11 is 1.63. The number of hydrogen-bond acceptors (Lipinski definition) is 6. The standard InChI is InChI=1S/C14H21N5S/c1-2-3-7-19(10-4-5-10)9-12-16-13(18-15)11-6-8-20-14(11)17-12/h6,8,10H,2-5,7,9,15H2,1H3,(H,16,17,18). The molecule has 5 nitrogen and oxygen atoms in total. The highest BCUT2D eigenvalue weighted by atomic mass is 32.1. The monoisotopic (exact) mass is 291 g/mol. The third-order valence-electron chi connectivity index (χ3n) is 3.71. The highest BCUT2D eigenvalue weighted by molar-refractivity contribution is 7.16. The maximum Gasteiger partial charge on any atom is 0.152 e. The van der Waals surface area contributed by atoms with Crippen molar-refractivity contribution >= 4 is 27.4 Å². The maximum atomic E-state index is 5.58. The van der Waals surface area contributed by atoms with Crippen molar-refractivity contribution in [3.05, 3.63) is 17.3 Å². The van der Waals surface area contributed by atoms with E-state index in [1.807, 2.05) is 11.4 Å². The molecule has 6 heteroatoms. The average Bonchev–Trinajstić information content (AvgIpc) is 3.20. The van der Waals surface area contributed by atoms with E-state index in [0.29, 0.717) is 0 Å². The lowest BCUT2D eigenvalue weighted by Gasteiger charge is -2.21. The van der Waals surface area contributed by atoms with Gasteiger partial charge in [0.2, 0.25) is 0 Å². The highest BCUT2D eigenvalue weighted by Crippen LogP contribution is 2.29. The number of aromatic nitrogens is 2. The molecule has 0 bridgehead atoms. The van der Waals surface area contributed by atoms with Crippen LogP contribution in [0, 0.1) is 0 Å². The van der Waals surface area contributed by atoms with Crippen LogP contribution in [0.25, 0.3) is 10.2 Å². The second-order valence-corrected chi connectivity index (χ2v) is 6.22. The van der Waals surface area contributed by atoms with Gasteiger partial charge in [0.15, 0.2) is 5.82 Å². The third kappa shape index (κ3) is 2.92. The first kappa shape index (κ1) is 13.7. The Morgan fingerprint density at radius 3 is 3.00 bits per heavy atom. The second kappa shape index (κ2) is 6.03. The zero-order valence-electron chi connectivity index (χ0n) is 11.8. The molecule has 1 aliphatic carbocycles. The molecule has 1 saturated carbocycles. The lowest BCUT2D eigenvalue weighted by molar-refractivity contribution is 0.245. The number of nitrogens with one attached hydrogen (secondary N) is 1. The minimum absolute atomic E-state index is 0.734. The van der Waals surface area contributed by atoms with E-state index >= 15 is 0 Å². The van der Waals surface area contributed by atoms with Crippen LogP contribution in [0.2, 0.25) is 0 Å². The SMILES string of the molecule is CCCCN(Cc1nc(NN)c2ccsc2n1)C1CC1. The minimum Gasteiger partial charge on any atom is -0.308 e. The van der Waals surface area contributed by atoms with E-state index in [0.717, 1.165) is 41.0 Å². The molecular weight excluding hydrogens is 270 g/mol. The van der Waals surface area contributed by atoms with Crippen LogP contribution >= 0.6 is 11.3 Å². The Balaban J connectivity index is 1.81. The normalized spacial score (nSPS) is 15.2. The molecule has 108 valence electrons. The summed E-state index contributed by atoms with van der Waals surface area (Å²) in [6, 6.07) is 2.74. The van der Waals surface area contributed by atoms with Gasteiger partial charge in [-0.25, -0.2) is 15.8 Å². The molecule has 2 aromatic rings. The Morgan fingerprint density at radius 2 is 2.30 bits per heavy atom. The van der Waals surface area contributed by atoms with Gasteiger partial charge in [0, 0.05) is 6.04 Å². The number of fused-ring (bicyclic) bond motifs is 1. The first-order chi connectivity index (χ1) is 9.81. The molecule has 2 aromatic heterocycles. The van der Waals surface area contributed by atoms with E-state index in [9.17, 15) is 0 Å². The summed E-state index contributed by atoms with van der Waals surface area (Å²) in [6.07, 6.45) is 5.09. The molecule has 0 aliphatic heterocycles. The Morgan fingerprint density at radius 1 is 1.45 bits per heavy atom. The first-order valence-corrected chi connectivity index (χ1v) is 8.14. The van der Waals surface area contributed by atoms with Gasteiger partial charge >= 0.3 is 0 Å². The zero-order valence-corrected chi connectivity index (χ0v) is 12.6. The number of anilines is 1. The smallest absolute Gasteiger partial charge is 0.152 e. The van der Waals surface area contributed by atoms with Crippen LogP contribution < -0.4 is 11.3 Å². The molecule has 3 N–H and O–H groups in total. The largest absolute Gasteiger partial charge is 0.308 e. The van der Waals surface area contributed by atoms with E-state index < -0.39 is 0 Å². The molecule has 2 heterocycles. The topological polar surface area (TPSA) is 67.1 Å². The highest BCUT2D eigenvalue weighted by Gasteiger charge is 2.29. The van der Waals surface area contributed by atoms with Crippen LogP contribution in [-0.4, -0.2) is 27.5 Å². The fourth-order valence-corrected chi connectivity index (χ4v) is 3.24. The lowest BCUT2D eigenvalue weighted by atomic mass is 10.3. The number of hydrazine groups is 1. The van der Waals surface area contributed by atoms with E-state index in [-0.39, 0.29) is 0 Å². The molecule has 20 heavy (non-hydrogen) atoms. The van der Waals surface area contributed by atoms with Gasteiger partial charge in [0.1, 0.15) is 10.7 Å². The summed E-state index contributed by atoms with van der Waals surface area (Å²) in [5, 5.41) is 3.03. The second-order valence-electron chi connectivity index (χ2n) is 5.33. The molecule has 0 saturated heterocycles. The number of nitrogens with zero attached hydrogens (tertiary/aromatic N) is 3. The summed E-state index contributed by atoms with van der Waals surface area (Å²) in [5.41, 5.74) is 2.69. The van der Waals surface area contributed by atoms with Crippen molar-refractivity contribution in [1.29, 1.82) is 0 Å². The maximum absolute atomic E-state index is 5.58. The molecule has 0 aromatic carbocycles. The van der Waals surface area contributed by atoms with Crippen molar-refractivity contribution in [2.24, 2.45) is 5.84 Å². The summed E-state index contributed by atoms with van der Waals surface area (Å²) in [5.74, 6) is 7.18. The van der Waals surface area contributed by atoms with Crippen LogP contribution in [0.1, 0.15) is 38.4 Å². The van der Waals surface area contributed by atoms with E-state index in [2.05, 4.69) is 27.2 Å². The minimum atomic E-state index is 0.734. The van der Waals surface area contributed by atoms with Crippen LogP contribution in [-0.2, 0) is 6.54 Å². The van der Waals surface area contributed by atoms with Crippen LogP contribution in [0.4, 0.5) is 5.82 Å². The Kier molecular flexibility index (Phi) is 4.14.